The van der Waals surface area contributed by atoms with Gasteiger partial charge in [0, 0.05) is 19.5 Å². The van der Waals surface area contributed by atoms with Gasteiger partial charge in [-0.25, -0.2) is 4.79 Å². The maximum Gasteiger partial charge on any atom is 0.408 e. The Hall–Kier alpha value is -4.34. The Kier molecular flexibility index (Phi) is 10.9. The summed E-state index contributed by atoms with van der Waals surface area (Å²) in [6.45, 7) is 8.91. The van der Waals surface area contributed by atoms with Gasteiger partial charge in [-0.05, 0) is 50.5 Å². The number of carbonyl (C=O) groups is 4. The number of nitrogens with zero attached hydrogens (tertiary/aromatic N) is 1. The second-order valence-corrected chi connectivity index (χ2v) is 9.68. The molecule has 2 aromatic carbocycles. The minimum atomic E-state index is -1.21. The van der Waals surface area contributed by atoms with Crippen LogP contribution in [0.2, 0.25) is 0 Å². The largest absolute Gasteiger partial charge is 0.508 e. The van der Waals surface area contributed by atoms with E-state index in [2.05, 4.69) is 17.2 Å². The van der Waals surface area contributed by atoms with E-state index in [4.69, 9.17) is 10.5 Å². The summed E-state index contributed by atoms with van der Waals surface area (Å²) in [6, 6.07) is 12.8. The van der Waals surface area contributed by atoms with E-state index in [0.29, 0.717) is 5.56 Å². The van der Waals surface area contributed by atoms with Crippen LogP contribution >= 0.6 is 0 Å². The van der Waals surface area contributed by atoms with Crippen molar-refractivity contribution in [3.05, 3.63) is 78.4 Å². The number of amides is 4. The number of phenols is 1. The van der Waals surface area contributed by atoms with Gasteiger partial charge in [0.05, 0.1) is 0 Å². The van der Waals surface area contributed by atoms with Crippen LogP contribution in [-0.4, -0.2) is 52.0 Å². The van der Waals surface area contributed by atoms with Gasteiger partial charge in [0.1, 0.15) is 23.4 Å². The number of nitrogens with two attached hydrogens (primary N) is 1. The van der Waals surface area contributed by atoms with Crippen molar-refractivity contribution in [3.63, 3.8) is 0 Å². The topological polar surface area (TPSA) is 151 Å². The van der Waals surface area contributed by atoms with Crippen LogP contribution in [0, 0.1) is 0 Å². The van der Waals surface area contributed by atoms with Gasteiger partial charge >= 0.3 is 6.09 Å². The van der Waals surface area contributed by atoms with Crippen LogP contribution in [0.1, 0.15) is 50.8 Å². The van der Waals surface area contributed by atoms with Gasteiger partial charge < -0.3 is 31.1 Å². The Labute approximate surface area is 222 Å². The Morgan fingerprint density at radius 2 is 1.71 bits per heavy atom. The average molecular weight is 525 g/mol. The van der Waals surface area contributed by atoms with Crippen molar-refractivity contribution in [3.8, 4) is 5.75 Å². The molecule has 0 heterocycles. The molecule has 0 aliphatic carbocycles. The fourth-order valence-corrected chi connectivity index (χ4v) is 3.67. The zero-order valence-corrected chi connectivity index (χ0v) is 22.0. The number of hydrogen-bond donors (Lipinski definition) is 4. The minimum absolute atomic E-state index is 0.00952. The highest BCUT2D eigenvalue weighted by Crippen LogP contribution is 2.25. The second-order valence-electron chi connectivity index (χ2n) is 9.68. The molecule has 10 nitrogen and oxygen atoms in total. The van der Waals surface area contributed by atoms with Gasteiger partial charge in [-0.1, -0.05) is 48.5 Å². The summed E-state index contributed by atoms with van der Waals surface area (Å²) in [6.07, 6.45) is 0.315. The highest BCUT2D eigenvalue weighted by Gasteiger charge is 2.35. The van der Waals surface area contributed by atoms with Crippen molar-refractivity contribution in [2.75, 3.05) is 6.54 Å². The molecular weight excluding hydrogens is 488 g/mol. The molecule has 0 saturated heterocycles. The zero-order chi connectivity index (χ0) is 28.3. The molecule has 0 bridgehead atoms. The molecule has 0 spiro atoms. The fourth-order valence-electron chi connectivity index (χ4n) is 3.67. The van der Waals surface area contributed by atoms with Crippen LogP contribution in [0.15, 0.2) is 67.3 Å². The third-order valence-corrected chi connectivity index (χ3v) is 5.36. The van der Waals surface area contributed by atoms with E-state index in [-0.39, 0.29) is 31.7 Å². The number of phenolic OH excluding ortho intramolecular Hbond substituents is 1. The zero-order valence-electron chi connectivity index (χ0n) is 22.0. The van der Waals surface area contributed by atoms with Crippen molar-refractivity contribution in [1.29, 1.82) is 0 Å². The third kappa shape index (κ3) is 9.61. The van der Waals surface area contributed by atoms with Crippen LogP contribution < -0.4 is 16.4 Å². The molecule has 0 saturated carbocycles. The van der Waals surface area contributed by atoms with E-state index < -0.39 is 41.5 Å². The van der Waals surface area contributed by atoms with Gasteiger partial charge in [-0.2, -0.15) is 0 Å². The van der Waals surface area contributed by atoms with Gasteiger partial charge in [-0.3, -0.25) is 14.4 Å². The standard InChI is InChI=1S/C28H36N4O6/c1-5-17-32(26(36)22(15-16-23(29)34)31-27(37)38-28(2,3)4)24(20-11-13-21(33)14-12-20)25(35)30-18-19-9-7-6-8-10-19/h5-14,22,24,33H,1,15-18H2,2-4H3,(H2,29,34)(H,30,35)(H,31,37). The SMILES string of the molecule is C=CCN(C(=O)C(CCC(N)=O)NC(=O)OC(C)(C)C)C(C(=O)NCc1ccccc1)c1ccc(O)cc1. The van der Waals surface area contributed by atoms with Crippen molar-refractivity contribution in [2.24, 2.45) is 5.73 Å². The lowest BCUT2D eigenvalue weighted by atomic mass is 10.0. The van der Waals surface area contributed by atoms with Crippen LogP contribution in [0.4, 0.5) is 4.79 Å². The molecular formula is C28H36N4O6. The van der Waals surface area contributed by atoms with E-state index in [9.17, 15) is 24.3 Å². The minimum Gasteiger partial charge on any atom is -0.508 e. The molecule has 2 aromatic rings. The number of nitrogens with one attached hydrogen (secondary N) is 2. The summed E-state index contributed by atoms with van der Waals surface area (Å²) in [4.78, 5) is 52.6. The van der Waals surface area contributed by atoms with E-state index in [1.54, 1.807) is 20.8 Å². The third-order valence-electron chi connectivity index (χ3n) is 5.36. The van der Waals surface area contributed by atoms with Crippen molar-refractivity contribution < 1.29 is 29.0 Å². The number of primary amides is 1. The molecule has 10 heteroatoms. The predicted molar refractivity (Wildman–Crippen MR) is 143 cm³/mol. The number of aromatic hydroxyl groups is 1. The monoisotopic (exact) mass is 524 g/mol. The number of benzene rings is 2. The number of rotatable bonds is 12. The first-order chi connectivity index (χ1) is 17.9. The summed E-state index contributed by atoms with van der Waals surface area (Å²) in [5, 5.41) is 15.1. The summed E-state index contributed by atoms with van der Waals surface area (Å²) in [5.74, 6) is -1.78. The van der Waals surface area contributed by atoms with Gasteiger partial charge in [0.15, 0.2) is 0 Å². The molecule has 4 amide bonds. The van der Waals surface area contributed by atoms with Crippen molar-refractivity contribution in [2.45, 2.75) is 57.8 Å². The first kappa shape index (κ1) is 29.9. The molecule has 0 aromatic heterocycles. The Bertz CT molecular complexity index is 1110. The molecule has 0 radical (unpaired) electrons. The van der Waals surface area contributed by atoms with Crippen LogP contribution in [0.3, 0.4) is 0 Å². The lowest BCUT2D eigenvalue weighted by Gasteiger charge is -2.34. The van der Waals surface area contributed by atoms with Crippen molar-refractivity contribution in [1.82, 2.24) is 15.5 Å². The van der Waals surface area contributed by atoms with Gasteiger partial charge in [0.25, 0.3) is 0 Å². The van der Waals surface area contributed by atoms with Gasteiger partial charge in [-0.15, -0.1) is 6.58 Å². The van der Waals surface area contributed by atoms with Gasteiger partial charge in [0.2, 0.25) is 17.7 Å². The van der Waals surface area contributed by atoms with E-state index >= 15 is 0 Å². The van der Waals surface area contributed by atoms with Crippen molar-refractivity contribution >= 4 is 23.8 Å². The molecule has 5 N–H and O–H groups in total. The van der Waals surface area contributed by atoms with Crippen LogP contribution in [0.5, 0.6) is 5.75 Å². The summed E-state index contributed by atoms with van der Waals surface area (Å²) >= 11 is 0. The molecule has 38 heavy (non-hydrogen) atoms. The molecule has 204 valence electrons. The molecule has 0 aliphatic rings. The van der Waals surface area contributed by atoms with E-state index in [1.807, 2.05) is 30.3 Å². The van der Waals surface area contributed by atoms with Crippen LogP contribution in [0.25, 0.3) is 0 Å². The Balaban J connectivity index is 2.42. The maximum atomic E-state index is 13.8. The summed E-state index contributed by atoms with van der Waals surface area (Å²) in [7, 11) is 0. The lowest BCUT2D eigenvalue weighted by Crippen LogP contribution is -2.53. The lowest BCUT2D eigenvalue weighted by molar-refractivity contribution is -0.142. The van der Waals surface area contributed by atoms with E-state index in [1.165, 1.54) is 35.2 Å². The fraction of sp³-hybridized carbons (Fsp3) is 0.357. The highest BCUT2D eigenvalue weighted by atomic mass is 16.6. The molecule has 0 aliphatic heterocycles. The highest BCUT2D eigenvalue weighted by molar-refractivity contribution is 5.92. The predicted octanol–water partition coefficient (Wildman–Crippen LogP) is 2.92. The Morgan fingerprint density at radius 1 is 1.08 bits per heavy atom. The first-order valence-electron chi connectivity index (χ1n) is 12.2. The normalized spacial score (nSPS) is 12.5. The number of ether oxygens (including phenoxy) is 1. The first-order valence-corrected chi connectivity index (χ1v) is 12.2. The molecule has 0 fully saturated rings. The average Bonchev–Trinajstić information content (AvgIpc) is 2.85. The molecule has 2 rings (SSSR count). The number of alkyl carbamates (subject to hydrolysis) is 1. The number of carbonyl (C=O) groups excluding carboxylic acids is 4. The molecule has 2 unspecified atom stereocenters. The Morgan fingerprint density at radius 3 is 2.26 bits per heavy atom. The second kappa shape index (κ2) is 13.8. The summed E-state index contributed by atoms with van der Waals surface area (Å²) in [5.41, 5.74) is 5.76. The van der Waals surface area contributed by atoms with Crippen LogP contribution in [-0.2, 0) is 25.7 Å². The summed E-state index contributed by atoms with van der Waals surface area (Å²) < 4.78 is 5.29. The smallest absolute Gasteiger partial charge is 0.408 e. The molecule has 2 atom stereocenters. The quantitative estimate of drug-likeness (QED) is 0.314. The maximum absolute atomic E-state index is 13.8. The number of hydrogen-bond acceptors (Lipinski definition) is 6. The van der Waals surface area contributed by atoms with E-state index in [0.717, 1.165) is 5.56 Å².